The highest BCUT2D eigenvalue weighted by atomic mass is 16.5. The van der Waals surface area contributed by atoms with E-state index in [4.69, 9.17) is 9.47 Å². The van der Waals surface area contributed by atoms with E-state index in [2.05, 4.69) is 0 Å². The molecule has 0 spiro atoms. The van der Waals surface area contributed by atoms with Gasteiger partial charge in [-0.2, -0.15) is 0 Å². The number of hydrogen-bond acceptors (Lipinski definition) is 4. The second-order valence-electron chi connectivity index (χ2n) is 8.24. The van der Waals surface area contributed by atoms with Gasteiger partial charge in [0.2, 0.25) is 0 Å². The zero-order chi connectivity index (χ0) is 21.3. The standard InChI is InChI=1S/C26H38O4/c27-25(21-20-23-15-9-8-10-16-23)29-22-14-13-19-26(28)30-24-17-11-6-4-2-1-3-5-7-12-18-24/h8-10,15-16,20-21,24H,1-7,11-14,17-19,22H2/b21-20+. The van der Waals surface area contributed by atoms with Crippen LogP contribution in [0.4, 0.5) is 0 Å². The molecule has 0 saturated heterocycles. The van der Waals surface area contributed by atoms with Crippen molar-refractivity contribution in [3.63, 3.8) is 0 Å². The van der Waals surface area contributed by atoms with Crippen molar-refractivity contribution in [2.45, 2.75) is 96.0 Å². The number of carbonyl (C=O) groups is 2. The molecule has 4 nitrogen and oxygen atoms in total. The summed E-state index contributed by atoms with van der Waals surface area (Å²) in [4.78, 5) is 23.9. The molecule has 2 rings (SSSR count). The van der Waals surface area contributed by atoms with E-state index in [0.29, 0.717) is 25.9 Å². The van der Waals surface area contributed by atoms with E-state index in [-0.39, 0.29) is 18.0 Å². The fourth-order valence-electron chi connectivity index (χ4n) is 3.81. The Balaban J connectivity index is 1.56. The van der Waals surface area contributed by atoms with Gasteiger partial charge in [0.15, 0.2) is 0 Å². The van der Waals surface area contributed by atoms with Gasteiger partial charge < -0.3 is 9.47 Å². The quantitative estimate of drug-likeness (QED) is 0.272. The lowest BCUT2D eigenvalue weighted by atomic mass is 9.99. The Labute approximate surface area is 182 Å². The topological polar surface area (TPSA) is 52.6 Å². The number of rotatable bonds is 8. The van der Waals surface area contributed by atoms with E-state index in [9.17, 15) is 9.59 Å². The number of unbranched alkanes of at least 4 members (excludes halogenated alkanes) is 1. The van der Waals surface area contributed by atoms with Gasteiger partial charge in [-0.3, -0.25) is 4.79 Å². The molecule has 4 heteroatoms. The minimum absolute atomic E-state index is 0.0814. The maximum absolute atomic E-state index is 12.2. The van der Waals surface area contributed by atoms with Crippen LogP contribution in [0.15, 0.2) is 36.4 Å². The summed E-state index contributed by atoms with van der Waals surface area (Å²) < 4.78 is 10.9. The van der Waals surface area contributed by atoms with Crippen molar-refractivity contribution in [3.05, 3.63) is 42.0 Å². The van der Waals surface area contributed by atoms with Crippen LogP contribution < -0.4 is 0 Å². The molecule has 0 unspecified atom stereocenters. The molecule has 0 atom stereocenters. The van der Waals surface area contributed by atoms with E-state index >= 15 is 0 Å². The largest absolute Gasteiger partial charge is 0.463 e. The normalized spacial score (nSPS) is 17.1. The highest BCUT2D eigenvalue weighted by Crippen LogP contribution is 2.19. The van der Waals surface area contributed by atoms with Gasteiger partial charge in [-0.15, -0.1) is 0 Å². The summed E-state index contributed by atoms with van der Waals surface area (Å²) in [7, 11) is 0. The van der Waals surface area contributed by atoms with Crippen LogP contribution in [0.5, 0.6) is 0 Å². The molecule has 0 aromatic heterocycles. The first-order chi connectivity index (χ1) is 14.7. The Bertz CT molecular complexity index is 611. The first-order valence-corrected chi connectivity index (χ1v) is 11.8. The Morgan fingerprint density at radius 2 is 1.43 bits per heavy atom. The van der Waals surface area contributed by atoms with Crippen molar-refractivity contribution in [1.82, 2.24) is 0 Å². The maximum atomic E-state index is 12.2. The van der Waals surface area contributed by atoms with Crippen LogP contribution in [0.2, 0.25) is 0 Å². The first-order valence-electron chi connectivity index (χ1n) is 11.8. The second kappa shape index (κ2) is 15.7. The van der Waals surface area contributed by atoms with Crippen molar-refractivity contribution in [3.8, 4) is 0 Å². The molecule has 1 fully saturated rings. The predicted molar refractivity (Wildman–Crippen MR) is 121 cm³/mol. The van der Waals surface area contributed by atoms with Crippen LogP contribution in [-0.4, -0.2) is 24.6 Å². The number of hydrogen-bond donors (Lipinski definition) is 0. The fourth-order valence-corrected chi connectivity index (χ4v) is 3.81. The Morgan fingerprint density at radius 1 is 0.833 bits per heavy atom. The van der Waals surface area contributed by atoms with Gasteiger partial charge in [-0.1, -0.05) is 75.3 Å². The fraction of sp³-hybridized carbons (Fsp3) is 0.615. The summed E-state index contributed by atoms with van der Waals surface area (Å²) in [6.07, 6.45) is 18.5. The molecular formula is C26H38O4. The molecule has 1 aromatic rings. The summed E-state index contributed by atoms with van der Waals surface area (Å²) in [5.41, 5.74) is 0.962. The van der Waals surface area contributed by atoms with Crippen LogP contribution in [0.25, 0.3) is 6.08 Å². The van der Waals surface area contributed by atoms with Gasteiger partial charge in [0.1, 0.15) is 6.10 Å². The SMILES string of the molecule is O=C(/C=C/c1ccccc1)OCCCCC(=O)OC1CCCCCCCCCCC1. The number of ether oxygens (including phenoxy) is 2. The molecule has 0 aliphatic heterocycles. The van der Waals surface area contributed by atoms with Crippen LogP contribution in [0.1, 0.15) is 95.5 Å². The van der Waals surface area contributed by atoms with E-state index in [0.717, 1.165) is 31.2 Å². The Morgan fingerprint density at radius 3 is 2.07 bits per heavy atom. The first kappa shape index (κ1) is 24.2. The van der Waals surface area contributed by atoms with Crippen molar-refractivity contribution in [2.24, 2.45) is 0 Å². The van der Waals surface area contributed by atoms with Crippen molar-refractivity contribution in [2.75, 3.05) is 6.61 Å². The molecule has 30 heavy (non-hydrogen) atoms. The van der Waals surface area contributed by atoms with Gasteiger partial charge in [0.05, 0.1) is 6.61 Å². The third-order valence-corrected chi connectivity index (χ3v) is 5.58. The lowest BCUT2D eigenvalue weighted by Gasteiger charge is -2.18. The molecule has 166 valence electrons. The maximum Gasteiger partial charge on any atom is 0.330 e. The lowest BCUT2D eigenvalue weighted by Crippen LogP contribution is -2.18. The van der Waals surface area contributed by atoms with Gasteiger partial charge in [0, 0.05) is 12.5 Å². The molecule has 0 amide bonds. The zero-order valence-corrected chi connectivity index (χ0v) is 18.4. The molecule has 1 aromatic carbocycles. The molecule has 0 bridgehead atoms. The van der Waals surface area contributed by atoms with Gasteiger partial charge in [-0.05, 0) is 50.2 Å². The Kier molecular flexibility index (Phi) is 12.7. The van der Waals surface area contributed by atoms with Crippen molar-refractivity contribution < 1.29 is 19.1 Å². The minimum Gasteiger partial charge on any atom is -0.463 e. The summed E-state index contributed by atoms with van der Waals surface area (Å²) in [5.74, 6) is -0.461. The average Bonchev–Trinajstić information content (AvgIpc) is 2.74. The molecule has 1 saturated carbocycles. The second-order valence-corrected chi connectivity index (χ2v) is 8.24. The number of carbonyl (C=O) groups excluding carboxylic acids is 2. The molecule has 0 N–H and O–H groups in total. The van der Waals surface area contributed by atoms with E-state index < -0.39 is 0 Å². The smallest absolute Gasteiger partial charge is 0.330 e. The number of esters is 2. The lowest BCUT2D eigenvalue weighted by molar-refractivity contribution is -0.150. The number of benzene rings is 1. The van der Waals surface area contributed by atoms with Crippen LogP contribution in [0.3, 0.4) is 0 Å². The van der Waals surface area contributed by atoms with E-state index in [1.807, 2.05) is 30.3 Å². The van der Waals surface area contributed by atoms with Crippen molar-refractivity contribution >= 4 is 18.0 Å². The highest BCUT2D eigenvalue weighted by molar-refractivity contribution is 5.87. The van der Waals surface area contributed by atoms with E-state index in [1.54, 1.807) is 6.08 Å². The Hall–Kier alpha value is -2.10. The molecule has 1 aliphatic rings. The zero-order valence-electron chi connectivity index (χ0n) is 18.4. The molecule has 1 aliphatic carbocycles. The monoisotopic (exact) mass is 414 g/mol. The third-order valence-electron chi connectivity index (χ3n) is 5.58. The summed E-state index contributed by atoms with van der Waals surface area (Å²) in [6.45, 7) is 0.328. The van der Waals surface area contributed by atoms with Crippen LogP contribution >= 0.6 is 0 Å². The predicted octanol–water partition coefficient (Wildman–Crippen LogP) is 6.63. The third kappa shape index (κ3) is 11.8. The average molecular weight is 415 g/mol. The van der Waals surface area contributed by atoms with Crippen LogP contribution in [-0.2, 0) is 19.1 Å². The summed E-state index contributed by atoms with van der Waals surface area (Å²) in [6, 6.07) is 9.64. The minimum atomic E-state index is -0.352. The van der Waals surface area contributed by atoms with Gasteiger partial charge in [0.25, 0.3) is 0 Å². The van der Waals surface area contributed by atoms with E-state index in [1.165, 1.54) is 51.0 Å². The van der Waals surface area contributed by atoms with Crippen LogP contribution in [0, 0.1) is 0 Å². The summed E-state index contributed by atoms with van der Waals surface area (Å²) >= 11 is 0. The molecular weight excluding hydrogens is 376 g/mol. The molecule has 0 radical (unpaired) electrons. The van der Waals surface area contributed by atoms with Gasteiger partial charge in [-0.25, -0.2) is 4.79 Å². The summed E-state index contributed by atoms with van der Waals surface area (Å²) in [5, 5.41) is 0. The molecule has 0 heterocycles. The highest BCUT2D eigenvalue weighted by Gasteiger charge is 2.14. The van der Waals surface area contributed by atoms with Crippen molar-refractivity contribution in [1.29, 1.82) is 0 Å². The van der Waals surface area contributed by atoms with Gasteiger partial charge >= 0.3 is 11.9 Å².